The second kappa shape index (κ2) is 14.9. The third-order valence-corrected chi connectivity index (χ3v) is 4.90. The molecule has 0 fully saturated rings. The summed E-state index contributed by atoms with van der Waals surface area (Å²) in [6.45, 7) is 1.51. The summed E-state index contributed by atoms with van der Waals surface area (Å²) in [4.78, 5) is 64.5. The zero-order chi connectivity index (χ0) is 27.3. The molecule has 4 unspecified atom stereocenters. The summed E-state index contributed by atoms with van der Waals surface area (Å²) in [6.07, 6.45) is -0.517. The third kappa shape index (κ3) is 11.3. The van der Waals surface area contributed by atoms with Crippen molar-refractivity contribution < 1.29 is 34.2 Å². The molecule has 0 radical (unpaired) electrons. The molecule has 0 aliphatic rings. The molecule has 0 bridgehead atoms. The first-order valence-corrected chi connectivity index (χ1v) is 11.1. The number of nitrogens with zero attached hydrogens (tertiary/aromatic N) is 1. The molecule has 4 atom stereocenters. The Bertz CT molecular complexity index is 949. The van der Waals surface area contributed by atoms with Gasteiger partial charge < -0.3 is 43.4 Å². The lowest BCUT2D eigenvalue weighted by Gasteiger charge is -2.24. The largest absolute Gasteiger partial charge is 0.481 e. The Morgan fingerprint density at radius 2 is 1.44 bits per heavy atom. The molecule has 0 aliphatic carbocycles. The number of aliphatic carboxylic acids is 2. The molecule has 11 N–H and O–H groups in total. The average molecular weight is 508 g/mol. The first-order chi connectivity index (χ1) is 16.9. The normalized spacial score (nSPS) is 13.8. The van der Waals surface area contributed by atoms with Gasteiger partial charge in [0.15, 0.2) is 5.96 Å². The molecule has 14 heteroatoms. The topological polar surface area (TPSA) is 252 Å². The van der Waals surface area contributed by atoms with Crippen LogP contribution >= 0.6 is 0 Å². The number of nitrogens with one attached hydrogen (secondary N) is 3. The van der Waals surface area contributed by atoms with Gasteiger partial charge in [-0.1, -0.05) is 30.3 Å². The lowest BCUT2D eigenvalue weighted by Crippen LogP contribution is -2.57. The highest BCUT2D eigenvalue weighted by Gasteiger charge is 2.31. The van der Waals surface area contributed by atoms with E-state index < -0.39 is 60.2 Å². The molecule has 1 aromatic carbocycles. The summed E-state index contributed by atoms with van der Waals surface area (Å²) < 4.78 is 0. The van der Waals surface area contributed by atoms with Gasteiger partial charge in [0, 0.05) is 13.0 Å². The van der Waals surface area contributed by atoms with E-state index in [9.17, 15) is 29.1 Å². The Hall–Kier alpha value is -4.20. The Morgan fingerprint density at radius 1 is 0.889 bits per heavy atom. The number of carbonyl (C=O) groups excluding carboxylic acids is 3. The molecule has 0 aliphatic heterocycles. The standard InChI is InChI=1S/C22H33N7O7/c1-12(23)18(32)28-16(11-17(30)31)20(34)29-15(10-13-6-3-2-4-7-13)19(33)27-14(21(35)36)8-5-9-26-22(24)25/h2-4,6-7,12,14-16H,5,8-11,23H2,1H3,(H,27,33)(H,28,32)(H,29,34)(H,30,31)(H,35,36)(H4,24,25,26). The second-order valence-electron chi connectivity index (χ2n) is 8.05. The second-order valence-corrected chi connectivity index (χ2v) is 8.05. The van der Waals surface area contributed by atoms with E-state index in [0.29, 0.717) is 5.56 Å². The predicted octanol–water partition coefficient (Wildman–Crippen LogP) is -2.36. The van der Waals surface area contributed by atoms with Crippen molar-refractivity contribution in [3.8, 4) is 0 Å². The number of carbonyl (C=O) groups is 5. The average Bonchev–Trinajstić information content (AvgIpc) is 2.79. The molecule has 0 spiro atoms. The SMILES string of the molecule is CC(N)C(=O)NC(CC(=O)O)C(=O)NC(Cc1ccccc1)C(=O)NC(CCCN=C(N)N)C(=O)O. The minimum atomic E-state index is -1.51. The molecule has 0 saturated heterocycles. The van der Waals surface area contributed by atoms with E-state index in [2.05, 4.69) is 20.9 Å². The van der Waals surface area contributed by atoms with Gasteiger partial charge in [0.05, 0.1) is 12.5 Å². The van der Waals surface area contributed by atoms with Crippen molar-refractivity contribution in [2.24, 2.45) is 22.2 Å². The Balaban J connectivity index is 3.07. The predicted molar refractivity (Wildman–Crippen MR) is 129 cm³/mol. The monoisotopic (exact) mass is 507 g/mol. The Kier molecular flexibility index (Phi) is 12.4. The number of aliphatic imine (C=N–C) groups is 1. The number of carboxylic acids is 2. The number of guanidine groups is 1. The minimum absolute atomic E-state index is 0.00986. The fraction of sp³-hybridized carbons (Fsp3) is 0.455. The highest BCUT2D eigenvalue weighted by Crippen LogP contribution is 2.07. The van der Waals surface area contributed by atoms with Crippen LogP contribution in [0.25, 0.3) is 0 Å². The van der Waals surface area contributed by atoms with E-state index in [1.807, 2.05) is 0 Å². The van der Waals surface area contributed by atoms with Gasteiger partial charge in [-0.3, -0.25) is 24.2 Å². The molecular formula is C22H33N7O7. The fourth-order valence-corrected chi connectivity index (χ4v) is 3.05. The third-order valence-electron chi connectivity index (χ3n) is 4.90. The van der Waals surface area contributed by atoms with Crippen LogP contribution in [0, 0.1) is 0 Å². The lowest BCUT2D eigenvalue weighted by molar-refractivity contribution is -0.143. The lowest BCUT2D eigenvalue weighted by atomic mass is 10.0. The minimum Gasteiger partial charge on any atom is -0.481 e. The number of rotatable bonds is 15. The summed E-state index contributed by atoms with van der Waals surface area (Å²) in [5.41, 5.74) is 16.6. The van der Waals surface area contributed by atoms with Crippen molar-refractivity contribution in [2.75, 3.05) is 6.54 Å². The summed E-state index contributed by atoms with van der Waals surface area (Å²) in [6, 6.07) is 3.48. The molecule has 36 heavy (non-hydrogen) atoms. The Morgan fingerprint density at radius 3 is 1.97 bits per heavy atom. The molecule has 3 amide bonds. The van der Waals surface area contributed by atoms with Crippen molar-refractivity contribution in [1.29, 1.82) is 0 Å². The number of hydrogen-bond acceptors (Lipinski definition) is 7. The van der Waals surface area contributed by atoms with E-state index in [0.717, 1.165) is 0 Å². The first-order valence-electron chi connectivity index (χ1n) is 11.1. The van der Waals surface area contributed by atoms with Gasteiger partial charge in [0.1, 0.15) is 18.1 Å². The molecule has 14 nitrogen and oxygen atoms in total. The van der Waals surface area contributed by atoms with Crippen LogP contribution in [0.4, 0.5) is 0 Å². The maximum atomic E-state index is 13.0. The van der Waals surface area contributed by atoms with Crippen LogP contribution in [-0.2, 0) is 30.4 Å². The van der Waals surface area contributed by atoms with E-state index in [1.54, 1.807) is 30.3 Å². The van der Waals surface area contributed by atoms with Gasteiger partial charge in [-0.15, -0.1) is 0 Å². The Labute approximate surface area is 207 Å². The molecule has 1 aromatic rings. The molecular weight excluding hydrogens is 474 g/mol. The van der Waals surface area contributed by atoms with Gasteiger partial charge in [-0.2, -0.15) is 0 Å². The molecule has 0 heterocycles. The summed E-state index contributed by atoms with van der Waals surface area (Å²) in [5.74, 6) is -5.33. The van der Waals surface area contributed by atoms with Gasteiger partial charge in [0.2, 0.25) is 17.7 Å². The molecule has 0 saturated carbocycles. The van der Waals surface area contributed by atoms with E-state index in [1.165, 1.54) is 6.92 Å². The highest BCUT2D eigenvalue weighted by atomic mass is 16.4. The summed E-state index contributed by atoms with van der Waals surface area (Å²) in [5, 5.41) is 25.7. The summed E-state index contributed by atoms with van der Waals surface area (Å²) in [7, 11) is 0. The van der Waals surface area contributed by atoms with Crippen molar-refractivity contribution in [2.45, 2.75) is 56.8 Å². The molecule has 0 aromatic heterocycles. The molecule has 1 rings (SSSR count). The van der Waals surface area contributed by atoms with Gasteiger partial charge >= 0.3 is 11.9 Å². The van der Waals surface area contributed by atoms with Crippen molar-refractivity contribution in [3.05, 3.63) is 35.9 Å². The van der Waals surface area contributed by atoms with Crippen molar-refractivity contribution in [1.82, 2.24) is 16.0 Å². The van der Waals surface area contributed by atoms with E-state index in [-0.39, 0.29) is 31.8 Å². The zero-order valence-corrected chi connectivity index (χ0v) is 19.8. The van der Waals surface area contributed by atoms with Crippen LogP contribution in [0.1, 0.15) is 31.7 Å². The number of benzene rings is 1. The quantitative estimate of drug-likeness (QED) is 0.0712. The first kappa shape index (κ1) is 29.8. The number of nitrogens with two attached hydrogens (primary N) is 3. The fourth-order valence-electron chi connectivity index (χ4n) is 3.05. The van der Waals surface area contributed by atoms with E-state index >= 15 is 0 Å². The summed E-state index contributed by atoms with van der Waals surface area (Å²) >= 11 is 0. The van der Waals surface area contributed by atoms with Crippen LogP contribution < -0.4 is 33.2 Å². The van der Waals surface area contributed by atoms with Crippen molar-refractivity contribution in [3.63, 3.8) is 0 Å². The maximum Gasteiger partial charge on any atom is 0.326 e. The smallest absolute Gasteiger partial charge is 0.326 e. The highest BCUT2D eigenvalue weighted by molar-refractivity contribution is 5.95. The van der Waals surface area contributed by atoms with Crippen LogP contribution in [0.3, 0.4) is 0 Å². The van der Waals surface area contributed by atoms with Crippen molar-refractivity contribution >= 4 is 35.6 Å². The molecule has 198 valence electrons. The number of carboxylic acid groups (broad SMARTS) is 2. The maximum absolute atomic E-state index is 13.0. The number of hydrogen-bond donors (Lipinski definition) is 8. The van der Waals surface area contributed by atoms with Crippen LogP contribution in [-0.4, -0.2) is 76.5 Å². The van der Waals surface area contributed by atoms with Gasteiger partial charge in [-0.05, 0) is 25.3 Å². The van der Waals surface area contributed by atoms with Gasteiger partial charge in [0.25, 0.3) is 0 Å². The van der Waals surface area contributed by atoms with Gasteiger partial charge in [-0.25, -0.2) is 4.79 Å². The number of amides is 3. The van der Waals surface area contributed by atoms with Crippen LogP contribution in [0.15, 0.2) is 35.3 Å². The van der Waals surface area contributed by atoms with Crippen LogP contribution in [0.5, 0.6) is 0 Å². The van der Waals surface area contributed by atoms with E-state index in [4.69, 9.17) is 22.3 Å². The zero-order valence-electron chi connectivity index (χ0n) is 19.8. The van der Waals surface area contributed by atoms with Crippen LogP contribution in [0.2, 0.25) is 0 Å².